The molecule has 0 saturated carbocycles. The highest BCUT2D eigenvalue weighted by Crippen LogP contribution is 2.34. The van der Waals surface area contributed by atoms with Crippen LogP contribution in [0.4, 0.5) is 24.8 Å². The molecule has 0 atom stereocenters. The Bertz CT molecular complexity index is 907. The van der Waals surface area contributed by atoms with Crippen molar-refractivity contribution in [1.29, 1.82) is 0 Å². The normalized spacial score (nSPS) is 15.0. The molecule has 1 aromatic carbocycles. The van der Waals surface area contributed by atoms with Gasteiger partial charge in [0, 0.05) is 23.5 Å². The lowest BCUT2D eigenvalue weighted by Gasteiger charge is -2.38. The van der Waals surface area contributed by atoms with Crippen molar-refractivity contribution in [2.45, 2.75) is 52.9 Å². The Morgan fingerprint density at radius 2 is 1.93 bits per heavy atom. The molecule has 0 radical (unpaired) electrons. The van der Waals surface area contributed by atoms with Gasteiger partial charge in [0.25, 0.3) is 5.56 Å². The van der Waals surface area contributed by atoms with E-state index >= 15 is 0 Å². The predicted octanol–water partition coefficient (Wildman–Crippen LogP) is 4.30. The van der Waals surface area contributed by atoms with Crippen molar-refractivity contribution < 1.29 is 13.2 Å². The maximum Gasteiger partial charge on any atom is 0.416 e. The van der Waals surface area contributed by atoms with Crippen molar-refractivity contribution in [3.8, 4) is 0 Å². The summed E-state index contributed by atoms with van der Waals surface area (Å²) in [5.41, 5.74) is 0.804. The van der Waals surface area contributed by atoms with Crippen LogP contribution in [0.3, 0.4) is 0 Å². The zero-order chi connectivity index (χ0) is 20.5. The minimum atomic E-state index is -4.43. The minimum absolute atomic E-state index is 0.122. The van der Waals surface area contributed by atoms with E-state index in [4.69, 9.17) is 0 Å². The Labute approximate surface area is 162 Å². The summed E-state index contributed by atoms with van der Waals surface area (Å²) in [5.74, 6) is 0.395. The van der Waals surface area contributed by atoms with E-state index in [0.29, 0.717) is 42.7 Å². The first-order valence-corrected chi connectivity index (χ1v) is 9.53. The number of benzene rings is 1. The van der Waals surface area contributed by atoms with Gasteiger partial charge in [-0.3, -0.25) is 19.2 Å². The van der Waals surface area contributed by atoms with Crippen LogP contribution in [0.25, 0.3) is 0 Å². The van der Waals surface area contributed by atoms with Crippen molar-refractivity contribution in [1.82, 2.24) is 14.5 Å². The van der Waals surface area contributed by atoms with Gasteiger partial charge in [-0.1, -0.05) is 26.3 Å². The first kappa shape index (κ1) is 20.4. The number of aryl methyl sites for hydroxylation is 1. The van der Waals surface area contributed by atoms with Crippen LogP contribution in [0.2, 0.25) is 0 Å². The van der Waals surface area contributed by atoms with Gasteiger partial charge in [-0.2, -0.15) is 13.2 Å². The largest absolute Gasteiger partial charge is 0.416 e. The number of hydrogen-bond donors (Lipinski definition) is 0. The van der Waals surface area contributed by atoms with E-state index in [2.05, 4.69) is 16.8 Å². The Morgan fingerprint density at radius 3 is 2.57 bits per heavy atom. The third kappa shape index (κ3) is 3.92. The molecule has 0 bridgehead atoms. The van der Waals surface area contributed by atoms with Crippen molar-refractivity contribution in [2.24, 2.45) is 0 Å². The molecule has 2 aromatic rings. The van der Waals surface area contributed by atoms with Crippen molar-refractivity contribution in [3.63, 3.8) is 0 Å². The molecule has 0 saturated heterocycles. The molecule has 1 aliphatic rings. The SMILES string of the molecule is CCCCN1CN(c2cccc(C(F)(F)F)c2)c2nc(C)c(CC)c(=O)n2C1. The van der Waals surface area contributed by atoms with Gasteiger partial charge >= 0.3 is 6.18 Å². The molecule has 1 aliphatic heterocycles. The Hall–Kier alpha value is -2.35. The lowest BCUT2D eigenvalue weighted by atomic mass is 10.1. The van der Waals surface area contributed by atoms with E-state index in [-0.39, 0.29) is 5.56 Å². The Kier molecular flexibility index (Phi) is 5.79. The average molecular weight is 394 g/mol. The smallest absolute Gasteiger partial charge is 0.298 e. The summed E-state index contributed by atoms with van der Waals surface area (Å²) in [7, 11) is 0. The Morgan fingerprint density at radius 1 is 1.18 bits per heavy atom. The highest BCUT2D eigenvalue weighted by molar-refractivity contribution is 5.59. The van der Waals surface area contributed by atoms with Crippen LogP contribution >= 0.6 is 0 Å². The number of hydrogen-bond acceptors (Lipinski definition) is 4. The van der Waals surface area contributed by atoms with E-state index < -0.39 is 11.7 Å². The first-order valence-electron chi connectivity index (χ1n) is 9.53. The number of halogens is 3. The molecule has 0 aliphatic carbocycles. The van der Waals surface area contributed by atoms with Crippen molar-refractivity contribution in [3.05, 3.63) is 51.4 Å². The van der Waals surface area contributed by atoms with Crippen molar-refractivity contribution in [2.75, 3.05) is 18.1 Å². The van der Waals surface area contributed by atoms with E-state index in [1.165, 1.54) is 6.07 Å². The van der Waals surface area contributed by atoms with Gasteiger partial charge in [-0.25, -0.2) is 4.98 Å². The molecule has 5 nitrogen and oxygen atoms in total. The molecule has 1 aromatic heterocycles. The number of rotatable bonds is 5. The molecule has 0 unspecified atom stereocenters. The molecule has 0 amide bonds. The van der Waals surface area contributed by atoms with Crippen LogP contribution in [-0.4, -0.2) is 27.7 Å². The van der Waals surface area contributed by atoms with Crippen LogP contribution in [0.15, 0.2) is 29.1 Å². The van der Waals surface area contributed by atoms with Gasteiger partial charge < -0.3 is 0 Å². The van der Waals surface area contributed by atoms with Crippen molar-refractivity contribution >= 4 is 11.6 Å². The first-order chi connectivity index (χ1) is 13.3. The third-order valence-electron chi connectivity index (χ3n) is 5.04. The quantitative estimate of drug-likeness (QED) is 0.758. The second-order valence-electron chi connectivity index (χ2n) is 7.07. The molecule has 3 rings (SSSR count). The average Bonchev–Trinajstić information content (AvgIpc) is 2.66. The number of aromatic nitrogens is 2. The molecule has 0 spiro atoms. The van der Waals surface area contributed by atoms with Gasteiger partial charge in [-0.05, 0) is 38.0 Å². The molecule has 2 heterocycles. The number of alkyl halides is 3. The fourth-order valence-electron chi connectivity index (χ4n) is 3.51. The number of nitrogens with zero attached hydrogens (tertiary/aromatic N) is 4. The summed E-state index contributed by atoms with van der Waals surface area (Å²) >= 11 is 0. The molecule has 0 N–H and O–H groups in total. The summed E-state index contributed by atoms with van der Waals surface area (Å²) in [5, 5.41) is 0. The number of unbranched alkanes of at least 4 members (excludes halogenated alkanes) is 1. The third-order valence-corrected chi connectivity index (χ3v) is 5.04. The van der Waals surface area contributed by atoms with E-state index in [9.17, 15) is 18.0 Å². The standard InChI is InChI=1S/C20H25F3N4O/c1-4-6-10-25-12-26(16-9-7-8-15(11-16)20(21,22)23)19-24-14(3)17(5-2)18(28)27(19)13-25/h7-9,11H,4-6,10,12-13H2,1-3H3. The van der Waals surface area contributed by atoms with Crippen LogP contribution < -0.4 is 10.5 Å². The monoisotopic (exact) mass is 394 g/mol. The van der Waals surface area contributed by atoms with Gasteiger partial charge in [-0.15, -0.1) is 0 Å². The Balaban J connectivity index is 2.12. The summed E-state index contributed by atoms with van der Waals surface area (Å²) < 4.78 is 41.2. The van der Waals surface area contributed by atoms with Gasteiger partial charge in [0.05, 0.1) is 18.9 Å². The lowest BCUT2D eigenvalue weighted by molar-refractivity contribution is -0.137. The van der Waals surface area contributed by atoms with E-state index in [0.717, 1.165) is 31.5 Å². The fourth-order valence-corrected chi connectivity index (χ4v) is 3.51. The van der Waals surface area contributed by atoms with Crippen LogP contribution in [0.1, 0.15) is 43.5 Å². The van der Waals surface area contributed by atoms with Crippen LogP contribution in [-0.2, 0) is 19.3 Å². The van der Waals surface area contributed by atoms with E-state index in [1.54, 1.807) is 22.5 Å². The topological polar surface area (TPSA) is 41.4 Å². The van der Waals surface area contributed by atoms with Crippen LogP contribution in [0.5, 0.6) is 0 Å². The second-order valence-corrected chi connectivity index (χ2v) is 7.07. The molecule has 28 heavy (non-hydrogen) atoms. The van der Waals surface area contributed by atoms with Gasteiger partial charge in [0.1, 0.15) is 0 Å². The minimum Gasteiger partial charge on any atom is -0.298 e. The zero-order valence-corrected chi connectivity index (χ0v) is 16.4. The van der Waals surface area contributed by atoms with Gasteiger partial charge in [0.15, 0.2) is 0 Å². The second kappa shape index (κ2) is 7.95. The zero-order valence-electron chi connectivity index (χ0n) is 16.4. The highest BCUT2D eigenvalue weighted by atomic mass is 19.4. The molecule has 0 fully saturated rings. The molecular weight excluding hydrogens is 369 g/mol. The highest BCUT2D eigenvalue weighted by Gasteiger charge is 2.32. The summed E-state index contributed by atoms with van der Waals surface area (Å²) in [6, 6.07) is 5.17. The van der Waals surface area contributed by atoms with Gasteiger partial charge in [0.2, 0.25) is 5.95 Å². The summed E-state index contributed by atoms with van der Waals surface area (Å²) in [4.78, 5) is 21.3. The lowest BCUT2D eigenvalue weighted by Crippen LogP contribution is -2.48. The summed E-state index contributed by atoms with van der Waals surface area (Å²) in [6.07, 6.45) is -1.92. The number of fused-ring (bicyclic) bond motifs is 1. The maximum absolute atomic E-state index is 13.2. The number of anilines is 2. The predicted molar refractivity (Wildman–Crippen MR) is 103 cm³/mol. The molecule has 152 valence electrons. The summed E-state index contributed by atoms with van der Waals surface area (Å²) in [6.45, 7) is 7.29. The van der Waals surface area contributed by atoms with Crippen LogP contribution in [0, 0.1) is 6.92 Å². The molecular formula is C20H25F3N4O. The molecule has 8 heteroatoms. The fraction of sp³-hybridized carbons (Fsp3) is 0.500. The maximum atomic E-state index is 13.2. The van der Waals surface area contributed by atoms with E-state index in [1.807, 2.05) is 6.92 Å².